The van der Waals surface area contributed by atoms with Crippen LogP contribution < -0.4 is 10.5 Å². The number of aliphatic imine (C=N–C) groups is 1. The minimum Gasteiger partial charge on any atom is -0.487 e. The molecule has 0 radical (unpaired) electrons. The van der Waals surface area contributed by atoms with Crippen molar-refractivity contribution < 1.29 is 9.47 Å². The maximum atomic E-state index is 9.21. The molecule has 2 heterocycles. The molecule has 2 N–H and O–H groups in total. The van der Waals surface area contributed by atoms with Gasteiger partial charge in [0.1, 0.15) is 23.5 Å². The van der Waals surface area contributed by atoms with Crippen molar-refractivity contribution in [3.8, 4) is 22.9 Å². The molecule has 27 heavy (non-hydrogen) atoms. The maximum Gasteiger partial charge on any atom is 0.283 e. The van der Waals surface area contributed by atoms with Gasteiger partial charge in [-0.05, 0) is 61.6 Å². The largest absolute Gasteiger partial charge is 0.487 e. The fourth-order valence-electron chi connectivity index (χ4n) is 5.11. The van der Waals surface area contributed by atoms with Crippen molar-refractivity contribution in [2.75, 3.05) is 6.61 Å². The smallest absolute Gasteiger partial charge is 0.283 e. The summed E-state index contributed by atoms with van der Waals surface area (Å²) in [5.74, 6) is 1.09. The molecular formula is C22H21N3O2. The lowest BCUT2D eigenvalue weighted by Crippen LogP contribution is -2.52. The van der Waals surface area contributed by atoms with Gasteiger partial charge in [-0.2, -0.15) is 5.26 Å². The Morgan fingerprint density at radius 3 is 2.85 bits per heavy atom. The molecule has 5 heteroatoms. The summed E-state index contributed by atoms with van der Waals surface area (Å²) >= 11 is 0. The van der Waals surface area contributed by atoms with Crippen molar-refractivity contribution in [3.05, 3.63) is 53.6 Å². The molecule has 5 rings (SSSR count). The van der Waals surface area contributed by atoms with Crippen molar-refractivity contribution in [1.29, 1.82) is 5.26 Å². The van der Waals surface area contributed by atoms with Crippen molar-refractivity contribution in [2.24, 2.45) is 16.6 Å². The van der Waals surface area contributed by atoms with Crippen LogP contribution in [0.1, 0.15) is 37.3 Å². The molecule has 5 nitrogen and oxygen atoms in total. The van der Waals surface area contributed by atoms with E-state index in [0.29, 0.717) is 12.2 Å². The molecule has 2 aliphatic heterocycles. The molecule has 3 aliphatic rings. The van der Waals surface area contributed by atoms with E-state index in [2.05, 4.69) is 19.1 Å². The van der Waals surface area contributed by atoms with Gasteiger partial charge in [0, 0.05) is 11.5 Å². The predicted molar refractivity (Wildman–Crippen MR) is 102 cm³/mol. The summed E-state index contributed by atoms with van der Waals surface area (Å²) in [7, 11) is 0. The first-order chi connectivity index (χ1) is 13.0. The number of amidine groups is 1. The van der Waals surface area contributed by atoms with Crippen LogP contribution in [0, 0.1) is 17.2 Å². The summed E-state index contributed by atoms with van der Waals surface area (Å²) in [4.78, 5) is 4.82. The van der Waals surface area contributed by atoms with Crippen LogP contribution in [0.5, 0.6) is 5.75 Å². The van der Waals surface area contributed by atoms with Crippen molar-refractivity contribution >= 4 is 6.02 Å². The number of fused-ring (bicyclic) bond motifs is 4. The van der Waals surface area contributed by atoms with Gasteiger partial charge >= 0.3 is 0 Å². The van der Waals surface area contributed by atoms with E-state index in [1.54, 1.807) is 0 Å². The SMILES string of the molecule is C[C@]12CCC[C@H]1[C@@]1(COC(N)=N1)c1cc(-c3cccc(C#N)c3)ccc1O2. The van der Waals surface area contributed by atoms with Crippen LogP contribution in [-0.2, 0) is 10.3 Å². The molecule has 0 bridgehead atoms. The minimum absolute atomic E-state index is 0.235. The van der Waals surface area contributed by atoms with Gasteiger partial charge in [0.15, 0.2) is 0 Å². The Balaban J connectivity index is 1.69. The highest BCUT2D eigenvalue weighted by atomic mass is 16.5. The van der Waals surface area contributed by atoms with Crippen LogP contribution in [0.15, 0.2) is 47.5 Å². The first-order valence-electron chi connectivity index (χ1n) is 9.36. The Kier molecular flexibility index (Phi) is 3.30. The second kappa shape index (κ2) is 5.50. The van der Waals surface area contributed by atoms with Crippen molar-refractivity contribution in [1.82, 2.24) is 0 Å². The molecule has 2 aromatic carbocycles. The first kappa shape index (κ1) is 16.2. The fraction of sp³-hybridized carbons (Fsp3) is 0.364. The summed E-state index contributed by atoms with van der Waals surface area (Å²) in [6, 6.07) is 16.3. The van der Waals surface area contributed by atoms with E-state index in [1.165, 1.54) is 0 Å². The highest BCUT2D eigenvalue weighted by Crippen LogP contribution is 2.58. The molecule has 0 unspecified atom stereocenters. The third-order valence-corrected chi connectivity index (χ3v) is 6.34. The van der Waals surface area contributed by atoms with Gasteiger partial charge in [0.2, 0.25) is 0 Å². The monoisotopic (exact) mass is 359 g/mol. The zero-order valence-electron chi connectivity index (χ0n) is 15.2. The molecule has 2 aromatic rings. The van der Waals surface area contributed by atoms with Gasteiger partial charge in [-0.15, -0.1) is 0 Å². The van der Waals surface area contributed by atoms with Gasteiger partial charge in [-0.25, -0.2) is 4.99 Å². The molecule has 0 aromatic heterocycles. The molecular weight excluding hydrogens is 338 g/mol. The van der Waals surface area contributed by atoms with E-state index in [-0.39, 0.29) is 17.5 Å². The van der Waals surface area contributed by atoms with Crippen molar-refractivity contribution in [3.63, 3.8) is 0 Å². The van der Waals surface area contributed by atoms with Crippen LogP contribution >= 0.6 is 0 Å². The second-order valence-corrected chi connectivity index (χ2v) is 7.93. The van der Waals surface area contributed by atoms with Crippen LogP contribution in [0.3, 0.4) is 0 Å². The van der Waals surface area contributed by atoms with Gasteiger partial charge in [0.25, 0.3) is 6.02 Å². The number of nitriles is 1. The molecule has 0 amide bonds. The Hall–Kier alpha value is -3.00. The molecule has 1 aliphatic carbocycles. The maximum absolute atomic E-state index is 9.21. The molecule has 0 saturated heterocycles. The summed E-state index contributed by atoms with van der Waals surface area (Å²) < 4.78 is 12.2. The van der Waals surface area contributed by atoms with Gasteiger partial charge in [-0.3, -0.25) is 0 Å². The number of benzene rings is 2. The van der Waals surface area contributed by atoms with E-state index < -0.39 is 5.54 Å². The Morgan fingerprint density at radius 1 is 1.22 bits per heavy atom. The number of ether oxygens (including phenoxy) is 2. The number of hydrogen-bond acceptors (Lipinski definition) is 5. The van der Waals surface area contributed by atoms with E-state index in [0.717, 1.165) is 41.7 Å². The highest BCUT2D eigenvalue weighted by Gasteiger charge is 2.60. The number of hydrogen-bond donors (Lipinski definition) is 1. The van der Waals surface area contributed by atoms with Crippen molar-refractivity contribution in [2.45, 2.75) is 37.3 Å². The Morgan fingerprint density at radius 2 is 2.07 bits per heavy atom. The van der Waals surface area contributed by atoms with E-state index in [1.807, 2.05) is 36.4 Å². The molecule has 1 spiro atoms. The highest BCUT2D eigenvalue weighted by molar-refractivity contribution is 5.76. The third kappa shape index (κ3) is 2.26. The van der Waals surface area contributed by atoms with Crippen LogP contribution in [0.4, 0.5) is 0 Å². The summed E-state index contributed by atoms with van der Waals surface area (Å²) in [6.45, 7) is 2.64. The predicted octanol–water partition coefficient (Wildman–Crippen LogP) is 3.72. The Bertz CT molecular complexity index is 1010. The normalized spacial score (nSPS) is 30.7. The molecule has 136 valence electrons. The van der Waals surface area contributed by atoms with Gasteiger partial charge in [0.05, 0.1) is 11.6 Å². The zero-order chi connectivity index (χ0) is 18.6. The number of rotatable bonds is 1. The van der Waals surface area contributed by atoms with Gasteiger partial charge < -0.3 is 15.2 Å². The van der Waals surface area contributed by atoms with Gasteiger partial charge in [-0.1, -0.05) is 18.2 Å². The van der Waals surface area contributed by atoms with E-state index in [9.17, 15) is 5.26 Å². The van der Waals surface area contributed by atoms with Crippen LogP contribution in [0.2, 0.25) is 0 Å². The minimum atomic E-state index is -0.494. The van der Waals surface area contributed by atoms with E-state index in [4.69, 9.17) is 20.2 Å². The average molecular weight is 359 g/mol. The molecule has 1 saturated carbocycles. The zero-order valence-corrected chi connectivity index (χ0v) is 15.2. The molecule has 3 atom stereocenters. The fourth-order valence-corrected chi connectivity index (χ4v) is 5.11. The lowest BCUT2D eigenvalue weighted by Gasteiger charge is -2.47. The second-order valence-electron chi connectivity index (χ2n) is 7.93. The number of nitrogens with two attached hydrogens (primary N) is 1. The standard InChI is InChI=1S/C22H21N3O2/c1-21-9-3-6-19(21)22(13-26-20(24)25-22)17-11-16(7-8-18(17)27-21)15-5-2-4-14(10-15)12-23/h2,4-5,7-8,10-11,19H,3,6,9,13H2,1H3,(H2,24,25)/t19-,21+,22-/m1/s1. The summed E-state index contributed by atoms with van der Waals surface area (Å²) in [5, 5.41) is 9.21. The lowest BCUT2D eigenvalue weighted by molar-refractivity contribution is -0.0210. The van der Waals surface area contributed by atoms with E-state index >= 15 is 0 Å². The van der Waals surface area contributed by atoms with Crippen LogP contribution in [0.25, 0.3) is 11.1 Å². The summed E-state index contributed by atoms with van der Waals surface area (Å²) in [6.07, 6.45) is 3.17. The lowest BCUT2D eigenvalue weighted by atomic mass is 9.69. The number of nitrogens with zero attached hydrogens (tertiary/aromatic N) is 2. The summed E-state index contributed by atoms with van der Waals surface area (Å²) in [5.41, 5.74) is 8.94. The first-order valence-corrected chi connectivity index (χ1v) is 9.36. The Labute approximate surface area is 158 Å². The topological polar surface area (TPSA) is 80.6 Å². The van der Waals surface area contributed by atoms with Crippen LogP contribution in [-0.4, -0.2) is 18.2 Å². The average Bonchev–Trinajstić information content (AvgIpc) is 3.26. The third-order valence-electron chi connectivity index (χ3n) is 6.34. The molecule has 1 fully saturated rings. The quantitative estimate of drug-likeness (QED) is 0.841.